The van der Waals surface area contributed by atoms with Gasteiger partial charge >= 0.3 is 0 Å². The molecule has 3 aromatic rings. The highest BCUT2D eigenvalue weighted by atomic mass is 16.6. The van der Waals surface area contributed by atoms with Crippen LogP contribution in [0.25, 0.3) is 6.08 Å². The molecule has 4 atom stereocenters. The predicted octanol–water partition coefficient (Wildman–Crippen LogP) is 3.88. The van der Waals surface area contributed by atoms with E-state index in [4.69, 9.17) is 4.74 Å². The molecule has 184 valence electrons. The number of nitro groups is 1. The lowest BCUT2D eigenvalue weighted by Gasteiger charge is -2.36. The van der Waals surface area contributed by atoms with E-state index in [1.54, 1.807) is 30.3 Å². The van der Waals surface area contributed by atoms with Crippen molar-refractivity contribution in [2.75, 3.05) is 16.9 Å². The average molecular weight is 495 g/mol. The maximum absolute atomic E-state index is 14.0. The van der Waals surface area contributed by atoms with Gasteiger partial charge in [-0.05, 0) is 17.7 Å². The molecular weight excluding hydrogens is 474 g/mol. The minimum absolute atomic E-state index is 0.00116. The van der Waals surface area contributed by atoms with Crippen molar-refractivity contribution in [2.24, 2.45) is 11.8 Å². The third kappa shape index (κ3) is 3.27. The molecule has 3 heterocycles. The molecular formula is C28H21N3O6. The van der Waals surface area contributed by atoms with Crippen molar-refractivity contribution in [3.05, 3.63) is 100 Å². The van der Waals surface area contributed by atoms with Crippen LogP contribution < -0.4 is 14.5 Å². The Kier molecular flexibility index (Phi) is 5.15. The molecule has 6 rings (SSSR count). The summed E-state index contributed by atoms with van der Waals surface area (Å²) in [5.41, 5.74) is 1.82. The van der Waals surface area contributed by atoms with E-state index >= 15 is 0 Å². The number of nitrogens with zero attached hydrogens (tertiary/aromatic N) is 3. The number of amides is 2. The lowest BCUT2D eigenvalue weighted by molar-refractivity contribution is -0.384. The van der Waals surface area contributed by atoms with Crippen molar-refractivity contribution < 1.29 is 24.0 Å². The van der Waals surface area contributed by atoms with Crippen LogP contribution >= 0.6 is 0 Å². The van der Waals surface area contributed by atoms with Gasteiger partial charge in [0, 0.05) is 23.4 Å². The molecule has 3 aliphatic rings. The highest BCUT2D eigenvalue weighted by molar-refractivity contribution is 6.26. The number of carbonyl (C=O) groups excluding carboxylic acids is 3. The monoisotopic (exact) mass is 495 g/mol. The van der Waals surface area contributed by atoms with Crippen LogP contribution in [0, 0.1) is 22.0 Å². The van der Waals surface area contributed by atoms with Crippen LogP contribution in [0.2, 0.25) is 0 Å². The van der Waals surface area contributed by atoms with E-state index in [2.05, 4.69) is 0 Å². The number of para-hydroxylation sites is 1. The van der Waals surface area contributed by atoms with Gasteiger partial charge in [-0.2, -0.15) is 0 Å². The van der Waals surface area contributed by atoms with Crippen LogP contribution in [-0.2, 0) is 9.59 Å². The molecule has 0 saturated carbocycles. The number of anilines is 2. The molecule has 0 radical (unpaired) electrons. The molecule has 9 heteroatoms. The van der Waals surface area contributed by atoms with Gasteiger partial charge in [0.1, 0.15) is 17.5 Å². The third-order valence-electron chi connectivity index (χ3n) is 7.36. The second kappa shape index (κ2) is 8.41. The van der Waals surface area contributed by atoms with E-state index in [0.29, 0.717) is 5.56 Å². The summed E-state index contributed by atoms with van der Waals surface area (Å²) in [4.78, 5) is 55.6. The SMILES string of the molecule is COc1ccc([N+](=O)[O-])cc1N1C(=O)[C@@H]2[C@H](C1=O)[C@H]1C=Cc3ccccc3N1[C@@H]2C(=O)c1ccccc1. The highest BCUT2D eigenvalue weighted by Gasteiger charge is 2.64. The molecule has 0 spiro atoms. The van der Waals surface area contributed by atoms with Gasteiger partial charge in [0.15, 0.2) is 5.78 Å². The number of Topliss-reactive ketones (excluding diaryl/α,β-unsaturated/α-hetero) is 1. The minimum Gasteiger partial charge on any atom is -0.495 e. The van der Waals surface area contributed by atoms with Crippen molar-refractivity contribution in [1.29, 1.82) is 0 Å². The predicted molar refractivity (Wildman–Crippen MR) is 135 cm³/mol. The standard InChI is InChI=1S/C28H21N3O6/c1-37-22-14-12-18(31(35)36)15-21(22)30-27(33)23-20-13-11-16-7-5-6-10-19(16)29(20)25(24(23)28(30)34)26(32)17-8-3-2-4-9-17/h2-15,20,23-25H,1H3/t20-,23-,24-,25+/m1/s1. The zero-order chi connectivity index (χ0) is 25.8. The first-order valence-corrected chi connectivity index (χ1v) is 11.8. The Hall–Kier alpha value is -4.79. The molecule has 0 N–H and O–H groups in total. The minimum atomic E-state index is -0.981. The molecule has 0 unspecified atom stereocenters. The number of carbonyl (C=O) groups is 3. The highest BCUT2D eigenvalue weighted by Crippen LogP contribution is 2.51. The number of methoxy groups -OCH3 is 1. The van der Waals surface area contributed by atoms with Crippen LogP contribution in [-0.4, -0.2) is 41.7 Å². The molecule has 9 nitrogen and oxygen atoms in total. The van der Waals surface area contributed by atoms with Gasteiger partial charge in [0.2, 0.25) is 11.8 Å². The molecule has 2 amide bonds. The Morgan fingerprint density at radius 1 is 0.919 bits per heavy atom. The molecule has 37 heavy (non-hydrogen) atoms. The zero-order valence-electron chi connectivity index (χ0n) is 19.7. The normalized spacial score (nSPS) is 23.5. The van der Waals surface area contributed by atoms with Crippen LogP contribution in [0.3, 0.4) is 0 Å². The number of rotatable bonds is 5. The molecule has 0 aliphatic carbocycles. The van der Waals surface area contributed by atoms with Crippen molar-refractivity contribution >= 4 is 40.7 Å². The lowest BCUT2D eigenvalue weighted by atomic mass is 9.86. The van der Waals surface area contributed by atoms with E-state index in [-0.39, 0.29) is 22.9 Å². The Bertz CT molecular complexity index is 1500. The van der Waals surface area contributed by atoms with Crippen molar-refractivity contribution in [3.8, 4) is 5.75 Å². The fourth-order valence-electron chi connectivity index (χ4n) is 5.79. The summed E-state index contributed by atoms with van der Waals surface area (Å²) < 4.78 is 5.35. The Balaban J connectivity index is 1.51. The maximum Gasteiger partial charge on any atom is 0.271 e. The molecule has 0 bridgehead atoms. The lowest BCUT2D eigenvalue weighted by Crippen LogP contribution is -2.48. The molecule has 0 aromatic heterocycles. The number of ketones is 1. The first-order chi connectivity index (χ1) is 17.9. The number of ether oxygens (including phenoxy) is 1. The number of benzene rings is 3. The summed E-state index contributed by atoms with van der Waals surface area (Å²) in [6.45, 7) is 0. The van der Waals surface area contributed by atoms with Crippen LogP contribution in [0.4, 0.5) is 17.1 Å². The summed E-state index contributed by atoms with van der Waals surface area (Å²) >= 11 is 0. The maximum atomic E-state index is 14.0. The second-order valence-corrected chi connectivity index (χ2v) is 9.17. The summed E-state index contributed by atoms with van der Waals surface area (Å²) in [7, 11) is 1.36. The second-order valence-electron chi connectivity index (χ2n) is 9.17. The summed E-state index contributed by atoms with van der Waals surface area (Å²) in [5, 5.41) is 11.4. The van der Waals surface area contributed by atoms with Gasteiger partial charge in [-0.25, -0.2) is 4.90 Å². The number of fused-ring (bicyclic) bond motifs is 5. The van der Waals surface area contributed by atoms with Crippen LogP contribution in [0.5, 0.6) is 5.75 Å². The van der Waals surface area contributed by atoms with Crippen LogP contribution in [0.15, 0.2) is 78.9 Å². The number of imide groups is 1. The van der Waals surface area contributed by atoms with Gasteiger partial charge in [0.25, 0.3) is 5.69 Å². The topological polar surface area (TPSA) is 110 Å². The molecule has 3 aromatic carbocycles. The van der Waals surface area contributed by atoms with E-state index in [9.17, 15) is 24.5 Å². The van der Waals surface area contributed by atoms with Crippen molar-refractivity contribution in [1.82, 2.24) is 0 Å². The van der Waals surface area contributed by atoms with Crippen molar-refractivity contribution in [3.63, 3.8) is 0 Å². The quantitative estimate of drug-likeness (QED) is 0.229. The Labute approximate surface area is 211 Å². The largest absolute Gasteiger partial charge is 0.495 e. The molecule has 3 aliphatic heterocycles. The van der Waals surface area contributed by atoms with Gasteiger partial charge in [-0.3, -0.25) is 24.5 Å². The first-order valence-electron chi connectivity index (χ1n) is 11.8. The van der Waals surface area contributed by atoms with Crippen molar-refractivity contribution in [2.45, 2.75) is 12.1 Å². The number of hydrogen-bond donors (Lipinski definition) is 0. The van der Waals surface area contributed by atoms with Gasteiger partial charge in [-0.15, -0.1) is 0 Å². The number of hydrogen-bond acceptors (Lipinski definition) is 7. The van der Waals surface area contributed by atoms with Gasteiger partial charge in [-0.1, -0.05) is 60.7 Å². The molecule has 2 saturated heterocycles. The molecule has 2 fully saturated rings. The van der Waals surface area contributed by atoms with E-state index in [1.165, 1.54) is 19.2 Å². The Morgan fingerprint density at radius 3 is 2.35 bits per heavy atom. The Morgan fingerprint density at radius 2 is 1.62 bits per heavy atom. The zero-order valence-corrected chi connectivity index (χ0v) is 19.7. The van der Waals surface area contributed by atoms with E-state index in [0.717, 1.165) is 22.2 Å². The van der Waals surface area contributed by atoms with E-state index < -0.39 is 40.7 Å². The summed E-state index contributed by atoms with van der Waals surface area (Å²) in [5.74, 6) is -3.04. The fourth-order valence-corrected chi connectivity index (χ4v) is 5.79. The van der Waals surface area contributed by atoms with Crippen LogP contribution in [0.1, 0.15) is 15.9 Å². The van der Waals surface area contributed by atoms with Gasteiger partial charge < -0.3 is 9.64 Å². The van der Waals surface area contributed by atoms with Gasteiger partial charge in [0.05, 0.1) is 29.9 Å². The average Bonchev–Trinajstić information content (AvgIpc) is 3.40. The number of nitro benzene ring substituents is 1. The summed E-state index contributed by atoms with van der Waals surface area (Å²) in [6, 6.07) is 18.5. The fraction of sp³-hybridized carbons (Fsp3) is 0.179. The number of non-ortho nitro benzene ring substituents is 1. The summed E-state index contributed by atoms with van der Waals surface area (Å²) in [6.07, 6.45) is 3.76. The smallest absolute Gasteiger partial charge is 0.271 e. The first kappa shape index (κ1) is 22.7. The van der Waals surface area contributed by atoms with E-state index in [1.807, 2.05) is 41.3 Å². The third-order valence-corrected chi connectivity index (χ3v) is 7.36.